The van der Waals surface area contributed by atoms with Gasteiger partial charge in [-0.1, -0.05) is 6.07 Å². The Labute approximate surface area is 82.2 Å². The molecule has 0 fully saturated rings. The van der Waals surface area contributed by atoms with Crippen LogP contribution in [0.2, 0.25) is 0 Å². The maximum Gasteiger partial charge on any atom is 0.137 e. The number of aryl methyl sites for hydroxylation is 2. The Morgan fingerprint density at radius 3 is 2.77 bits per heavy atom. The Kier molecular flexibility index (Phi) is 2.00. The number of nitrogens with zero attached hydrogens (tertiary/aromatic N) is 2. The fourth-order valence-corrected chi connectivity index (χ4v) is 1.85. The van der Waals surface area contributed by atoms with E-state index >= 15 is 0 Å². The zero-order valence-electron chi connectivity index (χ0n) is 7.71. The highest BCUT2D eigenvalue weighted by Crippen LogP contribution is 2.15. The first kappa shape index (κ1) is 8.57. The van der Waals surface area contributed by atoms with Gasteiger partial charge in [-0.3, -0.25) is 0 Å². The summed E-state index contributed by atoms with van der Waals surface area (Å²) in [6.07, 6.45) is 0. The zero-order valence-corrected chi connectivity index (χ0v) is 8.47. The normalized spacial score (nSPS) is 11.0. The van der Waals surface area contributed by atoms with Gasteiger partial charge in [-0.15, -0.1) is 11.6 Å². The monoisotopic (exact) mass is 194 g/mol. The van der Waals surface area contributed by atoms with Crippen LogP contribution in [0.1, 0.15) is 17.1 Å². The van der Waals surface area contributed by atoms with E-state index in [9.17, 15) is 0 Å². The van der Waals surface area contributed by atoms with Crippen LogP contribution < -0.4 is 0 Å². The van der Waals surface area contributed by atoms with Crippen molar-refractivity contribution < 1.29 is 0 Å². The SMILES string of the molecule is Cc1cccc2nc(CCl)c(C)n12. The summed E-state index contributed by atoms with van der Waals surface area (Å²) >= 11 is 5.78. The molecule has 0 aliphatic rings. The predicted octanol–water partition coefficient (Wildman–Crippen LogP) is 2.69. The Hall–Kier alpha value is -1.02. The molecule has 2 nitrogen and oxygen atoms in total. The van der Waals surface area contributed by atoms with Gasteiger partial charge >= 0.3 is 0 Å². The summed E-state index contributed by atoms with van der Waals surface area (Å²) in [6, 6.07) is 6.07. The second-order valence-electron chi connectivity index (χ2n) is 3.14. The van der Waals surface area contributed by atoms with Gasteiger partial charge in [0, 0.05) is 11.4 Å². The molecule has 0 aromatic carbocycles. The molecule has 68 valence electrons. The lowest BCUT2D eigenvalue weighted by Gasteiger charge is -2.00. The first-order chi connectivity index (χ1) is 6.24. The minimum Gasteiger partial charge on any atom is -0.301 e. The highest BCUT2D eigenvalue weighted by Gasteiger charge is 2.07. The van der Waals surface area contributed by atoms with Crippen LogP contribution in [0.25, 0.3) is 5.65 Å². The van der Waals surface area contributed by atoms with Crippen molar-refractivity contribution >= 4 is 17.2 Å². The van der Waals surface area contributed by atoms with Gasteiger partial charge in [-0.05, 0) is 26.0 Å². The van der Waals surface area contributed by atoms with Gasteiger partial charge in [0.15, 0.2) is 0 Å². The number of alkyl halides is 1. The number of imidazole rings is 1. The van der Waals surface area contributed by atoms with E-state index in [0.29, 0.717) is 5.88 Å². The van der Waals surface area contributed by atoms with Crippen molar-refractivity contribution in [3.8, 4) is 0 Å². The highest BCUT2D eigenvalue weighted by molar-refractivity contribution is 6.17. The average Bonchev–Trinajstić information content (AvgIpc) is 2.44. The van der Waals surface area contributed by atoms with Crippen LogP contribution in [0.3, 0.4) is 0 Å². The minimum atomic E-state index is 0.479. The third kappa shape index (κ3) is 1.22. The third-order valence-corrected chi connectivity index (χ3v) is 2.55. The van der Waals surface area contributed by atoms with Crippen molar-refractivity contribution in [1.82, 2.24) is 9.38 Å². The topological polar surface area (TPSA) is 17.3 Å². The number of rotatable bonds is 1. The maximum absolute atomic E-state index is 5.78. The Bertz CT molecular complexity index is 445. The number of pyridine rings is 1. The molecule has 0 unspecified atom stereocenters. The van der Waals surface area contributed by atoms with Gasteiger partial charge in [0.1, 0.15) is 5.65 Å². The van der Waals surface area contributed by atoms with E-state index < -0.39 is 0 Å². The fourth-order valence-electron chi connectivity index (χ4n) is 1.60. The van der Waals surface area contributed by atoms with Gasteiger partial charge in [-0.25, -0.2) is 4.98 Å². The zero-order chi connectivity index (χ0) is 9.42. The summed E-state index contributed by atoms with van der Waals surface area (Å²) < 4.78 is 2.12. The van der Waals surface area contributed by atoms with Gasteiger partial charge in [0.2, 0.25) is 0 Å². The molecule has 13 heavy (non-hydrogen) atoms. The molecule has 0 amide bonds. The predicted molar refractivity (Wildman–Crippen MR) is 54.2 cm³/mol. The summed E-state index contributed by atoms with van der Waals surface area (Å²) in [4.78, 5) is 4.42. The quantitative estimate of drug-likeness (QED) is 0.638. The molecule has 3 heteroatoms. The van der Waals surface area contributed by atoms with Crippen molar-refractivity contribution in [2.45, 2.75) is 19.7 Å². The van der Waals surface area contributed by atoms with E-state index in [1.165, 1.54) is 5.69 Å². The number of hydrogen-bond donors (Lipinski definition) is 0. The lowest BCUT2D eigenvalue weighted by atomic mass is 10.3. The van der Waals surface area contributed by atoms with Crippen molar-refractivity contribution in [3.63, 3.8) is 0 Å². The molecule has 0 atom stereocenters. The molecule has 2 aromatic heterocycles. The van der Waals surface area contributed by atoms with Crippen LogP contribution in [-0.2, 0) is 5.88 Å². The van der Waals surface area contributed by atoms with Gasteiger partial charge < -0.3 is 4.40 Å². The van der Waals surface area contributed by atoms with Crippen LogP contribution in [0.4, 0.5) is 0 Å². The fraction of sp³-hybridized carbons (Fsp3) is 0.300. The summed E-state index contributed by atoms with van der Waals surface area (Å²) in [5.41, 5.74) is 4.28. The van der Waals surface area contributed by atoms with Crippen LogP contribution in [0.15, 0.2) is 18.2 Å². The average molecular weight is 195 g/mol. The van der Waals surface area contributed by atoms with E-state index in [4.69, 9.17) is 11.6 Å². The molecule has 0 saturated carbocycles. The second kappa shape index (κ2) is 3.04. The minimum absolute atomic E-state index is 0.479. The van der Waals surface area contributed by atoms with Crippen molar-refractivity contribution in [2.75, 3.05) is 0 Å². The first-order valence-corrected chi connectivity index (χ1v) is 4.77. The van der Waals surface area contributed by atoms with E-state index in [0.717, 1.165) is 17.0 Å². The summed E-state index contributed by atoms with van der Waals surface area (Å²) in [6.45, 7) is 4.12. The van der Waals surface area contributed by atoms with Crippen LogP contribution in [0, 0.1) is 13.8 Å². The number of halogens is 1. The van der Waals surface area contributed by atoms with Crippen LogP contribution in [-0.4, -0.2) is 9.38 Å². The standard InChI is InChI=1S/C10H11ClN2/c1-7-4-3-5-10-12-9(6-11)8(2)13(7)10/h3-5H,6H2,1-2H3. The maximum atomic E-state index is 5.78. The lowest BCUT2D eigenvalue weighted by molar-refractivity contribution is 1.03. The summed E-state index contributed by atoms with van der Waals surface area (Å²) in [5.74, 6) is 0.479. The molecule has 2 heterocycles. The number of fused-ring (bicyclic) bond motifs is 1. The molecule has 2 rings (SSSR count). The van der Waals surface area contributed by atoms with Crippen molar-refractivity contribution in [3.05, 3.63) is 35.3 Å². The van der Waals surface area contributed by atoms with Crippen molar-refractivity contribution in [1.29, 1.82) is 0 Å². The first-order valence-electron chi connectivity index (χ1n) is 4.23. The lowest BCUT2D eigenvalue weighted by Crippen LogP contribution is -1.92. The Morgan fingerprint density at radius 1 is 1.38 bits per heavy atom. The molecule has 0 spiro atoms. The van der Waals surface area contributed by atoms with E-state index in [1.54, 1.807) is 0 Å². The number of hydrogen-bond acceptors (Lipinski definition) is 1. The van der Waals surface area contributed by atoms with E-state index in [1.807, 2.05) is 19.1 Å². The molecule has 2 aromatic rings. The van der Waals surface area contributed by atoms with E-state index in [-0.39, 0.29) is 0 Å². The van der Waals surface area contributed by atoms with Gasteiger partial charge in [0.25, 0.3) is 0 Å². The summed E-state index contributed by atoms with van der Waals surface area (Å²) in [7, 11) is 0. The molecule has 0 aliphatic heterocycles. The van der Waals surface area contributed by atoms with E-state index in [2.05, 4.69) is 22.4 Å². The Balaban J connectivity index is 2.85. The van der Waals surface area contributed by atoms with Gasteiger partial charge in [0.05, 0.1) is 11.6 Å². The number of aromatic nitrogens is 2. The largest absolute Gasteiger partial charge is 0.301 e. The smallest absolute Gasteiger partial charge is 0.137 e. The molecular weight excluding hydrogens is 184 g/mol. The van der Waals surface area contributed by atoms with Crippen LogP contribution in [0.5, 0.6) is 0 Å². The van der Waals surface area contributed by atoms with Gasteiger partial charge in [-0.2, -0.15) is 0 Å². The molecule has 0 N–H and O–H groups in total. The van der Waals surface area contributed by atoms with Crippen LogP contribution >= 0.6 is 11.6 Å². The Morgan fingerprint density at radius 2 is 2.15 bits per heavy atom. The summed E-state index contributed by atoms with van der Waals surface area (Å²) in [5, 5.41) is 0. The van der Waals surface area contributed by atoms with Crippen molar-refractivity contribution in [2.24, 2.45) is 0 Å². The molecule has 0 radical (unpaired) electrons. The third-order valence-electron chi connectivity index (χ3n) is 2.29. The highest BCUT2D eigenvalue weighted by atomic mass is 35.5. The molecule has 0 aliphatic carbocycles. The second-order valence-corrected chi connectivity index (χ2v) is 3.41. The molecular formula is C10H11ClN2. The molecule has 0 saturated heterocycles. The molecule has 0 bridgehead atoms.